The van der Waals surface area contributed by atoms with Gasteiger partial charge in [-0.1, -0.05) is 57.8 Å². The number of nitrogens with one attached hydrogen (secondary N) is 1. The predicted octanol–water partition coefficient (Wildman–Crippen LogP) is 3.72. The molecule has 1 aliphatic carbocycles. The minimum Gasteiger partial charge on any atom is -0.481 e. The van der Waals surface area contributed by atoms with Gasteiger partial charge in [0.2, 0.25) is 0 Å². The summed E-state index contributed by atoms with van der Waals surface area (Å²) in [7, 11) is 0. The molecular weight excluding hydrogens is 226 g/mol. The van der Waals surface area contributed by atoms with Crippen LogP contribution in [0.2, 0.25) is 0 Å². The van der Waals surface area contributed by atoms with E-state index in [4.69, 9.17) is 5.11 Å². The topological polar surface area (TPSA) is 49.3 Å². The molecule has 2 N–H and O–H groups in total. The molecule has 106 valence electrons. The molecule has 1 fully saturated rings. The molecule has 1 rings (SSSR count). The van der Waals surface area contributed by atoms with Crippen LogP contribution in [0.3, 0.4) is 0 Å². The first kappa shape index (κ1) is 15.5. The smallest absolute Gasteiger partial charge is 0.304 e. The monoisotopic (exact) mass is 255 g/mol. The summed E-state index contributed by atoms with van der Waals surface area (Å²) in [5.74, 6) is -0.698. The normalized spacial score (nSPS) is 20.9. The largest absolute Gasteiger partial charge is 0.481 e. The summed E-state index contributed by atoms with van der Waals surface area (Å²) < 4.78 is 0. The highest BCUT2D eigenvalue weighted by Gasteiger charge is 2.09. The van der Waals surface area contributed by atoms with E-state index in [1.54, 1.807) is 0 Å². The number of aliphatic carboxylic acids is 1. The molecule has 3 heteroatoms. The average molecular weight is 255 g/mol. The van der Waals surface area contributed by atoms with Crippen LogP contribution in [-0.2, 0) is 4.79 Å². The quantitative estimate of drug-likeness (QED) is 0.805. The van der Waals surface area contributed by atoms with Crippen LogP contribution in [0.25, 0.3) is 0 Å². The Hall–Kier alpha value is -0.570. The van der Waals surface area contributed by atoms with Gasteiger partial charge in [-0.15, -0.1) is 0 Å². The highest BCUT2D eigenvalue weighted by molar-refractivity contribution is 5.66. The summed E-state index contributed by atoms with van der Waals surface area (Å²) in [5.41, 5.74) is 0. The molecule has 0 saturated heterocycles. The highest BCUT2D eigenvalue weighted by Crippen LogP contribution is 2.16. The van der Waals surface area contributed by atoms with Crippen LogP contribution in [0.15, 0.2) is 0 Å². The van der Waals surface area contributed by atoms with Gasteiger partial charge < -0.3 is 10.4 Å². The second-order valence-corrected chi connectivity index (χ2v) is 5.55. The van der Waals surface area contributed by atoms with Crippen molar-refractivity contribution in [1.29, 1.82) is 0 Å². The van der Waals surface area contributed by atoms with E-state index in [1.165, 1.54) is 70.6 Å². The zero-order valence-corrected chi connectivity index (χ0v) is 11.6. The second-order valence-electron chi connectivity index (χ2n) is 5.55. The third-order valence-electron chi connectivity index (χ3n) is 3.88. The van der Waals surface area contributed by atoms with Gasteiger partial charge in [-0.25, -0.2) is 0 Å². The molecule has 0 heterocycles. The maximum atomic E-state index is 10.5. The van der Waals surface area contributed by atoms with Crippen molar-refractivity contribution in [3.05, 3.63) is 0 Å². The molecule has 0 aromatic heterocycles. The third kappa shape index (κ3) is 8.51. The van der Waals surface area contributed by atoms with E-state index in [9.17, 15) is 4.79 Å². The Bertz CT molecular complexity index is 207. The second kappa shape index (κ2) is 10.4. The zero-order chi connectivity index (χ0) is 13.1. The minimum atomic E-state index is -0.698. The van der Waals surface area contributed by atoms with Gasteiger partial charge in [-0.3, -0.25) is 4.79 Å². The summed E-state index contributed by atoms with van der Waals surface area (Å²) in [6.45, 7) is 0.625. The lowest BCUT2D eigenvalue weighted by atomic mass is 9.98. The van der Waals surface area contributed by atoms with Gasteiger partial charge in [0.25, 0.3) is 0 Å². The van der Waals surface area contributed by atoms with Crippen molar-refractivity contribution in [3.63, 3.8) is 0 Å². The Balaban J connectivity index is 2.20. The number of rotatable bonds is 4. The molecule has 18 heavy (non-hydrogen) atoms. The molecule has 0 aliphatic heterocycles. The first-order valence-corrected chi connectivity index (χ1v) is 7.74. The first-order valence-electron chi connectivity index (χ1n) is 7.74. The van der Waals surface area contributed by atoms with E-state index in [0.717, 1.165) is 0 Å². The molecular formula is C15H29NO2. The van der Waals surface area contributed by atoms with Crippen molar-refractivity contribution >= 4 is 5.97 Å². The maximum Gasteiger partial charge on any atom is 0.304 e. The predicted molar refractivity (Wildman–Crippen MR) is 74.8 cm³/mol. The lowest BCUT2D eigenvalue weighted by Gasteiger charge is -2.19. The molecule has 0 amide bonds. The van der Waals surface area contributed by atoms with E-state index in [1.807, 2.05) is 0 Å². The summed E-state index contributed by atoms with van der Waals surface area (Å²) >= 11 is 0. The van der Waals surface area contributed by atoms with Gasteiger partial charge in [-0.2, -0.15) is 0 Å². The number of carboxylic acid groups (broad SMARTS) is 1. The highest BCUT2D eigenvalue weighted by atomic mass is 16.4. The van der Waals surface area contributed by atoms with Crippen molar-refractivity contribution in [3.8, 4) is 0 Å². The maximum absolute atomic E-state index is 10.5. The van der Waals surface area contributed by atoms with Gasteiger partial charge in [0.05, 0.1) is 6.42 Å². The molecule has 0 atom stereocenters. The van der Waals surface area contributed by atoms with Crippen molar-refractivity contribution in [2.24, 2.45) is 0 Å². The number of hydrogen-bond acceptors (Lipinski definition) is 2. The van der Waals surface area contributed by atoms with Crippen LogP contribution in [-0.4, -0.2) is 23.7 Å². The van der Waals surface area contributed by atoms with E-state index in [0.29, 0.717) is 12.6 Å². The summed E-state index contributed by atoms with van der Waals surface area (Å²) in [5, 5.41) is 12.1. The Morgan fingerprint density at radius 1 is 0.889 bits per heavy atom. The fraction of sp³-hybridized carbons (Fsp3) is 0.933. The molecule has 0 spiro atoms. The molecule has 3 nitrogen and oxygen atoms in total. The molecule has 0 radical (unpaired) electrons. The van der Waals surface area contributed by atoms with Crippen LogP contribution in [0, 0.1) is 0 Å². The molecule has 1 aliphatic rings. The van der Waals surface area contributed by atoms with Crippen LogP contribution in [0.5, 0.6) is 0 Å². The van der Waals surface area contributed by atoms with E-state index in [2.05, 4.69) is 5.32 Å². The standard InChI is InChI=1S/C15H29NO2/c17-15(18)12-13-16-14-10-8-6-4-2-1-3-5-7-9-11-14/h14,16H,1-13H2,(H,17,18). The van der Waals surface area contributed by atoms with Crippen LogP contribution < -0.4 is 5.32 Å². The molecule has 0 bridgehead atoms. The van der Waals surface area contributed by atoms with Crippen molar-refractivity contribution in [1.82, 2.24) is 5.32 Å². The summed E-state index contributed by atoms with van der Waals surface area (Å²) in [4.78, 5) is 10.5. The van der Waals surface area contributed by atoms with Gasteiger partial charge >= 0.3 is 5.97 Å². The Labute approximate surface area is 111 Å². The third-order valence-corrected chi connectivity index (χ3v) is 3.88. The van der Waals surface area contributed by atoms with E-state index < -0.39 is 5.97 Å². The summed E-state index contributed by atoms with van der Waals surface area (Å²) in [6.07, 6.45) is 14.9. The van der Waals surface area contributed by atoms with E-state index >= 15 is 0 Å². The van der Waals surface area contributed by atoms with Gasteiger partial charge in [0.15, 0.2) is 0 Å². The van der Waals surface area contributed by atoms with Crippen molar-refractivity contribution in [2.75, 3.05) is 6.54 Å². The van der Waals surface area contributed by atoms with Crippen molar-refractivity contribution < 1.29 is 9.90 Å². The Morgan fingerprint density at radius 2 is 1.33 bits per heavy atom. The van der Waals surface area contributed by atoms with Gasteiger partial charge in [0.1, 0.15) is 0 Å². The van der Waals surface area contributed by atoms with Crippen LogP contribution in [0.1, 0.15) is 77.0 Å². The Kier molecular flexibility index (Phi) is 8.92. The van der Waals surface area contributed by atoms with Crippen LogP contribution >= 0.6 is 0 Å². The van der Waals surface area contributed by atoms with Gasteiger partial charge in [-0.05, 0) is 12.8 Å². The Morgan fingerprint density at radius 3 is 1.78 bits per heavy atom. The van der Waals surface area contributed by atoms with E-state index in [-0.39, 0.29) is 6.42 Å². The fourth-order valence-corrected chi connectivity index (χ4v) is 2.75. The van der Waals surface area contributed by atoms with Crippen LogP contribution in [0.4, 0.5) is 0 Å². The number of hydrogen-bond donors (Lipinski definition) is 2. The molecule has 0 unspecified atom stereocenters. The number of carbonyl (C=O) groups is 1. The zero-order valence-electron chi connectivity index (χ0n) is 11.6. The van der Waals surface area contributed by atoms with Gasteiger partial charge in [0, 0.05) is 12.6 Å². The minimum absolute atomic E-state index is 0.247. The lowest BCUT2D eigenvalue weighted by Crippen LogP contribution is -2.31. The summed E-state index contributed by atoms with van der Waals surface area (Å²) in [6, 6.07) is 0.545. The van der Waals surface area contributed by atoms with Crippen molar-refractivity contribution in [2.45, 2.75) is 83.1 Å². The molecule has 0 aromatic rings. The number of carboxylic acids is 1. The fourth-order valence-electron chi connectivity index (χ4n) is 2.75. The average Bonchev–Trinajstić information content (AvgIpc) is 2.31. The molecule has 0 aromatic carbocycles. The first-order chi connectivity index (χ1) is 8.79. The lowest BCUT2D eigenvalue weighted by molar-refractivity contribution is -0.136. The molecule has 1 saturated carbocycles. The SMILES string of the molecule is O=C(O)CCNC1CCCCCCCCCCC1.